The van der Waals surface area contributed by atoms with Crippen LogP contribution in [0.15, 0.2) is 54.6 Å². The first-order valence-electron chi connectivity index (χ1n) is 7.46. The highest BCUT2D eigenvalue weighted by Crippen LogP contribution is 2.27. The van der Waals surface area contributed by atoms with E-state index < -0.39 is 0 Å². The van der Waals surface area contributed by atoms with Crippen LogP contribution in [0.4, 0.5) is 0 Å². The molecule has 3 N–H and O–H groups in total. The van der Waals surface area contributed by atoms with Crippen molar-refractivity contribution in [3.63, 3.8) is 0 Å². The van der Waals surface area contributed by atoms with Crippen molar-refractivity contribution in [2.24, 2.45) is 11.7 Å². The Morgan fingerprint density at radius 2 is 1.65 bits per heavy atom. The fourth-order valence-corrected chi connectivity index (χ4v) is 2.99. The van der Waals surface area contributed by atoms with Gasteiger partial charge in [0.1, 0.15) is 0 Å². The zero-order valence-corrected chi connectivity index (χ0v) is 11.8. The molecule has 1 heterocycles. The van der Waals surface area contributed by atoms with E-state index >= 15 is 0 Å². The van der Waals surface area contributed by atoms with Crippen LogP contribution in [0.5, 0.6) is 0 Å². The minimum absolute atomic E-state index is 0.146. The molecule has 20 heavy (non-hydrogen) atoms. The molecule has 0 aromatic heterocycles. The second kappa shape index (κ2) is 6.21. The van der Waals surface area contributed by atoms with Crippen LogP contribution in [0, 0.1) is 5.92 Å². The lowest BCUT2D eigenvalue weighted by Crippen LogP contribution is -2.36. The van der Waals surface area contributed by atoms with Gasteiger partial charge in [0, 0.05) is 6.04 Å². The molecule has 0 spiro atoms. The molecular formula is C18H22N2. The summed E-state index contributed by atoms with van der Waals surface area (Å²) in [5.74, 6) is 0.561. The Kier molecular flexibility index (Phi) is 4.14. The van der Waals surface area contributed by atoms with Crippen molar-refractivity contribution in [2.75, 3.05) is 13.1 Å². The highest BCUT2D eigenvalue weighted by molar-refractivity contribution is 5.63. The molecule has 2 nitrogen and oxygen atoms in total. The molecule has 2 aromatic carbocycles. The Hall–Kier alpha value is -1.64. The van der Waals surface area contributed by atoms with Gasteiger partial charge in [0.25, 0.3) is 0 Å². The topological polar surface area (TPSA) is 38.0 Å². The molecule has 0 saturated carbocycles. The summed E-state index contributed by atoms with van der Waals surface area (Å²) in [6.07, 6.45) is 2.47. The first kappa shape index (κ1) is 13.3. The van der Waals surface area contributed by atoms with Gasteiger partial charge in [-0.1, -0.05) is 54.6 Å². The van der Waals surface area contributed by atoms with Gasteiger partial charge in [0.15, 0.2) is 0 Å². The summed E-state index contributed by atoms with van der Waals surface area (Å²) in [5.41, 5.74) is 10.2. The fraction of sp³-hybridized carbons (Fsp3) is 0.333. The van der Waals surface area contributed by atoms with Crippen LogP contribution in [0.1, 0.15) is 24.4 Å². The number of hydrogen-bond donors (Lipinski definition) is 2. The second-order valence-corrected chi connectivity index (χ2v) is 5.62. The van der Waals surface area contributed by atoms with Crippen LogP contribution < -0.4 is 11.1 Å². The Morgan fingerprint density at radius 1 is 0.950 bits per heavy atom. The van der Waals surface area contributed by atoms with Crippen LogP contribution >= 0.6 is 0 Å². The van der Waals surface area contributed by atoms with Crippen LogP contribution in [0.25, 0.3) is 11.1 Å². The van der Waals surface area contributed by atoms with Gasteiger partial charge < -0.3 is 11.1 Å². The summed E-state index contributed by atoms with van der Waals surface area (Å²) in [7, 11) is 0. The maximum atomic E-state index is 6.42. The molecule has 1 aliphatic heterocycles. The van der Waals surface area contributed by atoms with E-state index in [0.29, 0.717) is 5.92 Å². The Labute approximate surface area is 121 Å². The van der Waals surface area contributed by atoms with E-state index in [9.17, 15) is 0 Å². The molecule has 3 rings (SSSR count). The predicted molar refractivity (Wildman–Crippen MR) is 84.4 cm³/mol. The van der Waals surface area contributed by atoms with Crippen molar-refractivity contribution in [2.45, 2.75) is 18.9 Å². The van der Waals surface area contributed by atoms with Crippen molar-refractivity contribution in [1.82, 2.24) is 5.32 Å². The Morgan fingerprint density at radius 3 is 2.30 bits per heavy atom. The number of hydrogen-bond acceptors (Lipinski definition) is 2. The zero-order valence-electron chi connectivity index (χ0n) is 11.8. The van der Waals surface area contributed by atoms with Gasteiger partial charge in [0.05, 0.1) is 0 Å². The fourth-order valence-electron chi connectivity index (χ4n) is 2.99. The van der Waals surface area contributed by atoms with Gasteiger partial charge in [-0.15, -0.1) is 0 Å². The predicted octanol–water partition coefficient (Wildman–Crippen LogP) is 3.35. The molecule has 0 amide bonds. The quantitative estimate of drug-likeness (QED) is 0.894. The van der Waals surface area contributed by atoms with Crippen molar-refractivity contribution in [3.05, 3.63) is 60.2 Å². The number of nitrogens with two attached hydrogens (primary N) is 1. The van der Waals surface area contributed by atoms with Gasteiger partial charge in [0.2, 0.25) is 0 Å². The maximum Gasteiger partial charge on any atom is 0.0335 e. The smallest absolute Gasteiger partial charge is 0.0335 e. The molecule has 1 fully saturated rings. The van der Waals surface area contributed by atoms with Crippen LogP contribution in [0.3, 0.4) is 0 Å². The number of benzene rings is 2. The first-order valence-corrected chi connectivity index (χ1v) is 7.46. The highest BCUT2D eigenvalue weighted by atomic mass is 14.9. The summed E-state index contributed by atoms with van der Waals surface area (Å²) in [5, 5.41) is 3.44. The molecule has 0 aliphatic carbocycles. The van der Waals surface area contributed by atoms with E-state index in [0.717, 1.165) is 13.1 Å². The lowest BCUT2D eigenvalue weighted by atomic mass is 9.87. The van der Waals surface area contributed by atoms with E-state index in [1.165, 1.54) is 29.5 Å². The minimum Gasteiger partial charge on any atom is -0.324 e. The molecule has 2 heteroatoms. The van der Waals surface area contributed by atoms with Crippen molar-refractivity contribution in [3.8, 4) is 11.1 Å². The molecule has 2 unspecified atom stereocenters. The maximum absolute atomic E-state index is 6.42. The third kappa shape index (κ3) is 2.92. The molecule has 104 valence electrons. The van der Waals surface area contributed by atoms with Gasteiger partial charge in [-0.3, -0.25) is 0 Å². The molecule has 2 aromatic rings. The van der Waals surface area contributed by atoms with Gasteiger partial charge in [-0.25, -0.2) is 0 Å². The van der Waals surface area contributed by atoms with Crippen molar-refractivity contribution < 1.29 is 0 Å². The van der Waals surface area contributed by atoms with Gasteiger partial charge in [-0.05, 0) is 48.5 Å². The monoisotopic (exact) mass is 266 g/mol. The molecule has 0 radical (unpaired) electrons. The molecule has 1 aliphatic rings. The molecular weight excluding hydrogens is 244 g/mol. The average Bonchev–Trinajstić information content (AvgIpc) is 2.56. The Bertz CT molecular complexity index is 527. The Balaban J connectivity index is 1.75. The SMILES string of the molecule is NC(c1ccc(-c2ccccc2)cc1)C1CCCNC1. The van der Waals surface area contributed by atoms with E-state index in [-0.39, 0.29) is 6.04 Å². The number of rotatable bonds is 3. The lowest BCUT2D eigenvalue weighted by molar-refractivity contribution is 0.326. The second-order valence-electron chi connectivity index (χ2n) is 5.62. The molecule has 0 bridgehead atoms. The summed E-state index contributed by atoms with van der Waals surface area (Å²) < 4.78 is 0. The molecule has 2 atom stereocenters. The van der Waals surface area contributed by atoms with Gasteiger partial charge >= 0.3 is 0 Å². The lowest BCUT2D eigenvalue weighted by Gasteiger charge is -2.28. The first-order chi connectivity index (χ1) is 9.84. The summed E-state index contributed by atoms with van der Waals surface area (Å²) in [6.45, 7) is 2.18. The van der Waals surface area contributed by atoms with Crippen LogP contribution in [-0.2, 0) is 0 Å². The van der Waals surface area contributed by atoms with Crippen LogP contribution in [0.2, 0.25) is 0 Å². The van der Waals surface area contributed by atoms with E-state index in [4.69, 9.17) is 5.73 Å². The third-order valence-electron chi connectivity index (χ3n) is 4.25. The minimum atomic E-state index is 0.146. The number of piperidine rings is 1. The average molecular weight is 266 g/mol. The standard InChI is InChI=1S/C18H22N2/c19-18(17-7-4-12-20-13-17)16-10-8-15(9-11-16)14-5-2-1-3-6-14/h1-3,5-6,8-11,17-18,20H,4,7,12-13,19H2. The van der Waals surface area contributed by atoms with Crippen molar-refractivity contribution in [1.29, 1.82) is 0 Å². The van der Waals surface area contributed by atoms with E-state index in [2.05, 4.69) is 53.8 Å². The van der Waals surface area contributed by atoms with E-state index in [1.54, 1.807) is 0 Å². The zero-order chi connectivity index (χ0) is 13.8. The third-order valence-corrected chi connectivity index (χ3v) is 4.25. The molecule has 1 saturated heterocycles. The van der Waals surface area contributed by atoms with Crippen molar-refractivity contribution >= 4 is 0 Å². The van der Waals surface area contributed by atoms with Crippen LogP contribution in [-0.4, -0.2) is 13.1 Å². The highest BCUT2D eigenvalue weighted by Gasteiger charge is 2.21. The summed E-state index contributed by atoms with van der Waals surface area (Å²) >= 11 is 0. The summed E-state index contributed by atoms with van der Waals surface area (Å²) in [6, 6.07) is 19.3. The normalized spacial score (nSPS) is 20.6. The largest absolute Gasteiger partial charge is 0.324 e. The van der Waals surface area contributed by atoms with Gasteiger partial charge in [-0.2, -0.15) is 0 Å². The van der Waals surface area contributed by atoms with E-state index in [1.807, 2.05) is 6.07 Å². The summed E-state index contributed by atoms with van der Waals surface area (Å²) in [4.78, 5) is 0. The number of nitrogens with one attached hydrogen (secondary N) is 1.